The van der Waals surface area contributed by atoms with Crippen molar-refractivity contribution in [2.45, 2.75) is 32.2 Å². The molecule has 0 radical (unpaired) electrons. The van der Waals surface area contributed by atoms with Crippen LogP contribution in [0.25, 0.3) is 0 Å². The first-order chi connectivity index (χ1) is 11.7. The number of pyridine rings is 1. The lowest BCUT2D eigenvalue weighted by Gasteiger charge is -2.22. The Balaban J connectivity index is 1.37. The lowest BCUT2D eigenvalue weighted by molar-refractivity contribution is -0.130. The number of aromatic nitrogens is 1. The topological polar surface area (TPSA) is 45.7 Å². The summed E-state index contributed by atoms with van der Waals surface area (Å²) in [6.07, 6.45) is 7.65. The van der Waals surface area contributed by atoms with Gasteiger partial charge in [-0.1, -0.05) is 6.07 Å². The minimum atomic E-state index is 0.333. The summed E-state index contributed by atoms with van der Waals surface area (Å²) in [5.41, 5.74) is 1.24. The van der Waals surface area contributed by atoms with E-state index in [-0.39, 0.29) is 0 Å². The Hall–Kier alpha value is -1.46. The molecule has 0 unspecified atom stereocenters. The third-order valence-electron chi connectivity index (χ3n) is 5.17. The van der Waals surface area contributed by atoms with Crippen molar-refractivity contribution in [3.63, 3.8) is 0 Å². The molecule has 2 aliphatic heterocycles. The molecule has 0 aromatic carbocycles. The van der Waals surface area contributed by atoms with Crippen molar-refractivity contribution in [3.05, 3.63) is 30.1 Å². The number of nitrogens with zero attached hydrogens (tertiary/aromatic N) is 3. The summed E-state index contributed by atoms with van der Waals surface area (Å²) in [5, 5.41) is 0. The number of hydrogen-bond acceptors (Lipinski definition) is 4. The van der Waals surface area contributed by atoms with Crippen LogP contribution in [-0.2, 0) is 16.1 Å². The molecular weight excluding hydrogens is 302 g/mol. The van der Waals surface area contributed by atoms with Crippen molar-refractivity contribution in [1.82, 2.24) is 14.8 Å². The molecule has 1 aromatic heterocycles. The van der Waals surface area contributed by atoms with E-state index in [1.54, 1.807) is 0 Å². The maximum absolute atomic E-state index is 12.4. The average molecular weight is 331 g/mol. The van der Waals surface area contributed by atoms with Gasteiger partial charge >= 0.3 is 0 Å². The van der Waals surface area contributed by atoms with E-state index in [4.69, 9.17) is 4.74 Å². The van der Waals surface area contributed by atoms with Gasteiger partial charge in [0.1, 0.15) is 0 Å². The van der Waals surface area contributed by atoms with E-state index in [2.05, 4.69) is 27.9 Å². The summed E-state index contributed by atoms with van der Waals surface area (Å²) >= 11 is 0. The van der Waals surface area contributed by atoms with Gasteiger partial charge in [-0.15, -0.1) is 0 Å². The Morgan fingerprint density at radius 3 is 3.08 bits per heavy atom. The number of likely N-dealkylation sites (tertiary alicyclic amines) is 1. The summed E-state index contributed by atoms with van der Waals surface area (Å²) in [6, 6.07) is 4.09. The van der Waals surface area contributed by atoms with Gasteiger partial charge in [-0.2, -0.15) is 0 Å². The molecule has 0 spiro atoms. The SMILES string of the molecule is CN(Cc1cccnc1)C[C@H]1CCN(C(=O)CC[C@@H]2CCOC2)C1. The molecule has 2 atom stereocenters. The molecular formula is C19H29N3O2. The van der Waals surface area contributed by atoms with Crippen LogP contribution in [0.4, 0.5) is 0 Å². The Morgan fingerprint density at radius 2 is 2.33 bits per heavy atom. The molecule has 2 aliphatic rings. The molecule has 132 valence electrons. The summed E-state index contributed by atoms with van der Waals surface area (Å²) < 4.78 is 5.39. The third-order valence-corrected chi connectivity index (χ3v) is 5.17. The van der Waals surface area contributed by atoms with Gasteiger partial charge in [0, 0.05) is 58.2 Å². The number of rotatable bonds is 7. The molecule has 3 heterocycles. The minimum Gasteiger partial charge on any atom is -0.381 e. The summed E-state index contributed by atoms with van der Waals surface area (Å²) in [4.78, 5) is 21.0. The summed E-state index contributed by atoms with van der Waals surface area (Å²) in [6.45, 7) is 5.50. The Kier molecular flexibility index (Phi) is 6.21. The predicted molar refractivity (Wildman–Crippen MR) is 93.4 cm³/mol. The van der Waals surface area contributed by atoms with Crippen LogP contribution in [0.1, 0.15) is 31.2 Å². The van der Waals surface area contributed by atoms with Crippen LogP contribution < -0.4 is 0 Å². The smallest absolute Gasteiger partial charge is 0.222 e. The molecule has 0 N–H and O–H groups in total. The quantitative estimate of drug-likeness (QED) is 0.768. The second-order valence-electron chi connectivity index (χ2n) is 7.32. The highest BCUT2D eigenvalue weighted by molar-refractivity contribution is 5.76. The van der Waals surface area contributed by atoms with Gasteiger partial charge in [0.15, 0.2) is 0 Å². The number of hydrogen-bond donors (Lipinski definition) is 0. The second kappa shape index (κ2) is 8.58. The highest BCUT2D eigenvalue weighted by atomic mass is 16.5. The lowest BCUT2D eigenvalue weighted by atomic mass is 10.0. The molecule has 0 aliphatic carbocycles. The number of ether oxygens (including phenoxy) is 1. The molecule has 2 fully saturated rings. The fourth-order valence-corrected chi connectivity index (χ4v) is 3.81. The number of amides is 1. The van der Waals surface area contributed by atoms with E-state index in [1.807, 2.05) is 18.5 Å². The van der Waals surface area contributed by atoms with Crippen molar-refractivity contribution in [2.24, 2.45) is 11.8 Å². The second-order valence-corrected chi connectivity index (χ2v) is 7.32. The Bertz CT molecular complexity index is 517. The van der Waals surface area contributed by atoms with Crippen LogP contribution in [0, 0.1) is 11.8 Å². The maximum atomic E-state index is 12.4. The molecule has 0 saturated carbocycles. The van der Waals surface area contributed by atoms with Crippen LogP contribution in [-0.4, -0.2) is 60.6 Å². The van der Waals surface area contributed by atoms with Crippen LogP contribution in [0.5, 0.6) is 0 Å². The molecule has 1 amide bonds. The molecule has 3 rings (SSSR count). The first-order valence-corrected chi connectivity index (χ1v) is 9.13. The van der Waals surface area contributed by atoms with E-state index in [1.165, 1.54) is 5.56 Å². The molecule has 2 saturated heterocycles. The highest BCUT2D eigenvalue weighted by Gasteiger charge is 2.27. The molecule has 0 bridgehead atoms. The molecule has 5 nitrogen and oxygen atoms in total. The third kappa shape index (κ3) is 5.02. The zero-order valence-electron chi connectivity index (χ0n) is 14.7. The first kappa shape index (κ1) is 17.4. The highest BCUT2D eigenvalue weighted by Crippen LogP contribution is 2.22. The normalized spacial score (nSPS) is 24.0. The minimum absolute atomic E-state index is 0.333. The van der Waals surface area contributed by atoms with E-state index in [0.717, 1.165) is 58.7 Å². The lowest BCUT2D eigenvalue weighted by Crippen LogP contribution is -2.31. The van der Waals surface area contributed by atoms with Crippen molar-refractivity contribution in [2.75, 3.05) is 39.9 Å². The van der Waals surface area contributed by atoms with Crippen LogP contribution in [0.3, 0.4) is 0 Å². The van der Waals surface area contributed by atoms with Crippen molar-refractivity contribution >= 4 is 5.91 Å². The standard InChI is InChI=1S/C19H29N3O2/c1-21(12-17-3-2-8-20-11-17)13-18-6-9-22(14-18)19(23)5-4-16-7-10-24-15-16/h2-3,8,11,16,18H,4-7,9-10,12-15H2,1H3/t16-,18-/m1/s1. The van der Waals surface area contributed by atoms with Crippen LogP contribution in [0.15, 0.2) is 24.5 Å². The van der Waals surface area contributed by atoms with Gasteiger partial charge < -0.3 is 14.5 Å². The fourth-order valence-electron chi connectivity index (χ4n) is 3.81. The van der Waals surface area contributed by atoms with E-state index in [0.29, 0.717) is 24.2 Å². The fraction of sp³-hybridized carbons (Fsp3) is 0.684. The Labute approximate surface area is 145 Å². The van der Waals surface area contributed by atoms with E-state index >= 15 is 0 Å². The van der Waals surface area contributed by atoms with Gasteiger partial charge in [0.25, 0.3) is 0 Å². The van der Waals surface area contributed by atoms with Gasteiger partial charge in [-0.3, -0.25) is 9.78 Å². The van der Waals surface area contributed by atoms with Crippen LogP contribution in [0.2, 0.25) is 0 Å². The zero-order valence-corrected chi connectivity index (χ0v) is 14.7. The average Bonchev–Trinajstić information content (AvgIpc) is 3.25. The zero-order chi connectivity index (χ0) is 16.8. The molecule has 24 heavy (non-hydrogen) atoms. The van der Waals surface area contributed by atoms with Crippen molar-refractivity contribution in [1.29, 1.82) is 0 Å². The number of carbonyl (C=O) groups is 1. The molecule has 5 heteroatoms. The summed E-state index contributed by atoms with van der Waals surface area (Å²) in [7, 11) is 2.15. The van der Waals surface area contributed by atoms with Crippen molar-refractivity contribution in [3.8, 4) is 0 Å². The molecule has 1 aromatic rings. The predicted octanol–water partition coefficient (Wildman–Crippen LogP) is 2.18. The number of carbonyl (C=O) groups excluding carboxylic acids is 1. The maximum Gasteiger partial charge on any atom is 0.222 e. The van der Waals surface area contributed by atoms with Crippen LogP contribution >= 0.6 is 0 Å². The van der Waals surface area contributed by atoms with Gasteiger partial charge in [0.05, 0.1) is 0 Å². The largest absolute Gasteiger partial charge is 0.381 e. The summed E-state index contributed by atoms with van der Waals surface area (Å²) in [5.74, 6) is 1.52. The Morgan fingerprint density at radius 1 is 1.42 bits per heavy atom. The first-order valence-electron chi connectivity index (χ1n) is 9.13. The van der Waals surface area contributed by atoms with E-state index in [9.17, 15) is 4.79 Å². The van der Waals surface area contributed by atoms with Gasteiger partial charge in [-0.05, 0) is 49.8 Å². The monoisotopic (exact) mass is 331 g/mol. The van der Waals surface area contributed by atoms with Gasteiger partial charge in [0.2, 0.25) is 5.91 Å². The van der Waals surface area contributed by atoms with E-state index < -0.39 is 0 Å². The van der Waals surface area contributed by atoms with Gasteiger partial charge in [-0.25, -0.2) is 0 Å². The van der Waals surface area contributed by atoms with Crippen molar-refractivity contribution < 1.29 is 9.53 Å².